The van der Waals surface area contributed by atoms with E-state index in [2.05, 4.69) is 4.98 Å². The molecule has 0 unspecified atom stereocenters. The summed E-state index contributed by atoms with van der Waals surface area (Å²) in [4.78, 5) is 4.50. The minimum Gasteiger partial charge on any atom is -0.436 e. The van der Waals surface area contributed by atoms with Gasteiger partial charge in [0, 0.05) is 16.7 Å². The van der Waals surface area contributed by atoms with E-state index in [0.29, 0.717) is 23.0 Å². The van der Waals surface area contributed by atoms with Crippen molar-refractivity contribution in [1.82, 2.24) is 4.98 Å². The van der Waals surface area contributed by atoms with Crippen molar-refractivity contribution in [2.45, 2.75) is 6.42 Å². The normalized spacial score (nSPS) is 11.1. The van der Waals surface area contributed by atoms with Crippen molar-refractivity contribution in [3.05, 3.63) is 53.1 Å². The highest BCUT2D eigenvalue weighted by molar-refractivity contribution is 6.31. The molecule has 0 aliphatic heterocycles. The molecule has 0 spiro atoms. The van der Waals surface area contributed by atoms with Gasteiger partial charge in [0.1, 0.15) is 5.52 Å². The van der Waals surface area contributed by atoms with Gasteiger partial charge in [-0.05, 0) is 36.7 Å². The fourth-order valence-corrected chi connectivity index (χ4v) is 2.28. The Morgan fingerprint density at radius 2 is 2.00 bits per heavy atom. The van der Waals surface area contributed by atoms with Gasteiger partial charge < -0.3 is 10.2 Å². The van der Waals surface area contributed by atoms with E-state index < -0.39 is 0 Å². The lowest BCUT2D eigenvalue weighted by molar-refractivity contribution is 0.618. The number of aromatic nitrogens is 1. The first-order valence-electron chi connectivity index (χ1n) is 6.12. The summed E-state index contributed by atoms with van der Waals surface area (Å²) in [6.45, 7) is 0.600. The molecule has 1 aromatic heterocycles. The summed E-state index contributed by atoms with van der Waals surface area (Å²) in [5, 5.41) is 0.644. The fraction of sp³-hybridized carbons (Fsp3) is 0.133. The zero-order valence-electron chi connectivity index (χ0n) is 10.3. The van der Waals surface area contributed by atoms with Crippen LogP contribution in [0.5, 0.6) is 0 Å². The van der Waals surface area contributed by atoms with Crippen molar-refractivity contribution in [2.75, 3.05) is 6.54 Å². The first kappa shape index (κ1) is 12.2. The lowest BCUT2D eigenvalue weighted by atomic mass is 10.0. The number of nitrogens with zero attached hydrogens (tertiary/aromatic N) is 1. The van der Waals surface area contributed by atoms with Gasteiger partial charge in [-0.2, -0.15) is 0 Å². The molecule has 0 fully saturated rings. The average molecular weight is 273 g/mol. The van der Waals surface area contributed by atoms with Gasteiger partial charge in [0.25, 0.3) is 0 Å². The Balaban J connectivity index is 2.13. The van der Waals surface area contributed by atoms with Crippen LogP contribution in [-0.2, 0) is 6.42 Å². The van der Waals surface area contributed by atoms with Gasteiger partial charge in [0.2, 0.25) is 5.89 Å². The molecule has 0 aliphatic rings. The molecule has 4 heteroatoms. The van der Waals surface area contributed by atoms with Gasteiger partial charge in [-0.15, -0.1) is 0 Å². The van der Waals surface area contributed by atoms with Crippen LogP contribution in [0, 0.1) is 0 Å². The maximum Gasteiger partial charge on any atom is 0.227 e. The van der Waals surface area contributed by atoms with Gasteiger partial charge in [-0.25, -0.2) is 4.98 Å². The fourth-order valence-electron chi connectivity index (χ4n) is 2.12. The van der Waals surface area contributed by atoms with E-state index in [9.17, 15) is 0 Å². The third kappa shape index (κ3) is 2.35. The number of nitrogens with two attached hydrogens (primary N) is 1. The number of rotatable bonds is 3. The number of halogens is 1. The highest BCUT2D eigenvalue weighted by Gasteiger charge is 2.11. The molecule has 0 saturated heterocycles. The van der Waals surface area contributed by atoms with E-state index >= 15 is 0 Å². The van der Waals surface area contributed by atoms with Crippen molar-refractivity contribution in [1.29, 1.82) is 0 Å². The Morgan fingerprint density at radius 1 is 1.16 bits per heavy atom. The van der Waals surface area contributed by atoms with Crippen LogP contribution in [0.3, 0.4) is 0 Å². The molecule has 1 heterocycles. The second-order valence-electron chi connectivity index (χ2n) is 4.33. The number of benzene rings is 2. The minimum atomic E-state index is 0.600. The molecular weight excluding hydrogens is 260 g/mol. The molecule has 0 saturated carbocycles. The lowest BCUT2D eigenvalue weighted by Gasteiger charge is -2.04. The third-order valence-electron chi connectivity index (χ3n) is 3.01. The Kier molecular flexibility index (Phi) is 3.23. The van der Waals surface area contributed by atoms with Crippen LogP contribution in [0.15, 0.2) is 46.9 Å². The zero-order valence-corrected chi connectivity index (χ0v) is 11.0. The molecule has 0 amide bonds. The topological polar surface area (TPSA) is 52.0 Å². The summed E-state index contributed by atoms with van der Waals surface area (Å²) >= 11 is 5.95. The van der Waals surface area contributed by atoms with Crippen molar-refractivity contribution < 1.29 is 4.42 Å². The second kappa shape index (κ2) is 5.03. The van der Waals surface area contributed by atoms with Crippen molar-refractivity contribution in [2.24, 2.45) is 5.73 Å². The molecule has 0 radical (unpaired) electrons. The molecule has 2 N–H and O–H groups in total. The largest absolute Gasteiger partial charge is 0.436 e. The second-order valence-corrected chi connectivity index (χ2v) is 4.76. The first-order valence-corrected chi connectivity index (χ1v) is 6.50. The summed E-state index contributed by atoms with van der Waals surface area (Å²) in [7, 11) is 0. The van der Waals surface area contributed by atoms with Crippen LogP contribution in [0.1, 0.15) is 5.56 Å². The van der Waals surface area contributed by atoms with E-state index in [1.807, 2.05) is 36.4 Å². The summed E-state index contributed by atoms with van der Waals surface area (Å²) < 4.78 is 5.79. The third-order valence-corrected chi connectivity index (χ3v) is 3.25. The van der Waals surface area contributed by atoms with Gasteiger partial charge in [0.15, 0.2) is 5.58 Å². The van der Waals surface area contributed by atoms with Crippen molar-refractivity contribution in [3.63, 3.8) is 0 Å². The van der Waals surface area contributed by atoms with Crippen LogP contribution < -0.4 is 5.73 Å². The van der Waals surface area contributed by atoms with Crippen molar-refractivity contribution in [3.8, 4) is 11.5 Å². The Bertz CT molecular complexity index is 721. The predicted octanol–water partition coefficient (Wildman–Crippen LogP) is 3.65. The molecule has 2 aromatic carbocycles. The standard InChI is InChI=1S/C15H13ClN2O/c16-11-5-6-13-14(9-11)19-15(18-13)12-4-2-1-3-10(12)7-8-17/h1-6,9H,7-8,17H2. The van der Waals surface area contributed by atoms with E-state index in [1.165, 1.54) is 0 Å². The molecule has 0 aliphatic carbocycles. The van der Waals surface area contributed by atoms with Gasteiger partial charge in [-0.3, -0.25) is 0 Å². The maximum atomic E-state index is 5.95. The molecular formula is C15H13ClN2O. The lowest BCUT2D eigenvalue weighted by Crippen LogP contribution is -2.03. The molecule has 0 bridgehead atoms. The molecule has 19 heavy (non-hydrogen) atoms. The Morgan fingerprint density at radius 3 is 2.84 bits per heavy atom. The minimum absolute atomic E-state index is 0.600. The van der Waals surface area contributed by atoms with Gasteiger partial charge in [-0.1, -0.05) is 29.8 Å². The molecule has 96 valence electrons. The Hall–Kier alpha value is -1.84. The van der Waals surface area contributed by atoms with Crippen LogP contribution in [0.25, 0.3) is 22.6 Å². The molecule has 0 atom stereocenters. The van der Waals surface area contributed by atoms with Gasteiger partial charge >= 0.3 is 0 Å². The average Bonchev–Trinajstić information content (AvgIpc) is 2.82. The van der Waals surface area contributed by atoms with E-state index in [4.69, 9.17) is 21.8 Å². The number of fused-ring (bicyclic) bond motifs is 1. The van der Waals surface area contributed by atoms with E-state index in [1.54, 1.807) is 6.07 Å². The van der Waals surface area contributed by atoms with Crippen LogP contribution in [0.2, 0.25) is 5.02 Å². The Labute approximate surface area is 116 Å². The molecule has 3 nitrogen and oxygen atoms in total. The summed E-state index contributed by atoms with van der Waals surface area (Å²) in [5.41, 5.74) is 9.27. The predicted molar refractivity (Wildman–Crippen MR) is 77.2 cm³/mol. The maximum absolute atomic E-state index is 5.95. The highest BCUT2D eigenvalue weighted by Crippen LogP contribution is 2.28. The number of hydrogen-bond donors (Lipinski definition) is 1. The SMILES string of the molecule is NCCc1ccccc1-c1nc2ccc(Cl)cc2o1. The summed E-state index contributed by atoms with van der Waals surface area (Å²) in [6, 6.07) is 13.4. The highest BCUT2D eigenvalue weighted by atomic mass is 35.5. The smallest absolute Gasteiger partial charge is 0.227 e. The first-order chi connectivity index (χ1) is 9.28. The van der Waals surface area contributed by atoms with Crippen molar-refractivity contribution >= 4 is 22.7 Å². The van der Waals surface area contributed by atoms with Crippen LogP contribution in [-0.4, -0.2) is 11.5 Å². The zero-order chi connectivity index (χ0) is 13.2. The van der Waals surface area contributed by atoms with Crippen LogP contribution in [0.4, 0.5) is 0 Å². The molecule has 3 rings (SSSR count). The van der Waals surface area contributed by atoms with E-state index in [-0.39, 0.29) is 0 Å². The monoisotopic (exact) mass is 272 g/mol. The molecule has 3 aromatic rings. The van der Waals surface area contributed by atoms with Gasteiger partial charge in [0.05, 0.1) is 0 Å². The quantitative estimate of drug-likeness (QED) is 0.792. The number of oxazole rings is 1. The number of hydrogen-bond acceptors (Lipinski definition) is 3. The van der Waals surface area contributed by atoms with Crippen LogP contribution >= 0.6 is 11.6 Å². The summed E-state index contributed by atoms with van der Waals surface area (Å²) in [5.74, 6) is 0.612. The summed E-state index contributed by atoms with van der Waals surface area (Å²) in [6.07, 6.45) is 0.801. The van der Waals surface area contributed by atoms with E-state index in [0.717, 1.165) is 23.1 Å².